The fourth-order valence-electron chi connectivity index (χ4n) is 1.42. The second-order valence-electron chi connectivity index (χ2n) is 5.87. The van der Waals surface area contributed by atoms with Crippen molar-refractivity contribution in [1.29, 1.82) is 0 Å². The Morgan fingerprint density at radius 3 is 2.00 bits per heavy atom. The second-order valence-corrected chi connectivity index (χ2v) is 5.87. The van der Waals surface area contributed by atoms with Crippen LogP contribution < -0.4 is 5.73 Å². The molecule has 2 nitrogen and oxygen atoms in total. The molecule has 0 aromatic carbocycles. The molecular formula is C13H28N2. The van der Waals surface area contributed by atoms with E-state index < -0.39 is 0 Å². The first kappa shape index (κ1) is 14.7. The summed E-state index contributed by atoms with van der Waals surface area (Å²) < 4.78 is 0. The van der Waals surface area contributed by atoms with Gasteiger partial charge in [-0.25, -0.2) is 0 Å². The Balaban J connectivity index is 4.47. The van der Waals surface area contributed by atoms with Crippen LogP contribution in [0.1, 0.15) is 41.5 Å². The average Bonchev–Trinajstić information content (AvgIpc) is 1.99. The van der Waals surface area contributed by atoms with Gasteiger partial charge in [-0.2, -0.15) is 0 Å². The van der Waals surface area contributed by atoms with Crippen LogP contribution in [0, 0.1) is 5.41 Å². The molecule has 0 saturated carbocycles. The first-order chi connectivity index (χ1) is 6.60. The zero-order valence-electron chi connectivity index (χ0n) is 11.4. The minimum absolute atomic E-state index is 0.110. The monoisotopic (exact) mass is 212 g/mol. The van der Waals surface area contributed by atoms with E-state index in [0.29, 0.717) is 0 Å². The fourth-order valence-corrected chi connectivity index (χ4v) is 1.42. The maximum Gasteiger partial charge on any atom is 0.0187 e. The van der Waals surface area contributed by atoms with Crippen LogP contribution in [0.15, 0.2) is 12.2 Å². The molecule has 0 bridgehead atoms. The van der Waals surface area contributed by atoms with Crippen LogP contribution in [0.5, 0.6) is 0 Å². The standard InChI is InChI=1S/C13H28N2/c1-8-15(9-11(2)3)10-12(4,5)13(6,7)14/h2,8-10,14H2,1,3-7H3. The molecule has 0 fully saturated rings. The number of nitrogens with zero attached hydrogens (tertiary/aromatic N) is 1. The summed E-state index contributed by atoms with van der Waals surface area (Å²) in [6.07, 6.45) is 0. The quantitative estimate of drug-likeness (QED) is 0.686. The summed E-state index contributed by atoms with van der Waals surface area (Å²) in [4.78, 5) is 2.40. The minimum Gasteiger partial charge on any atom is -0.325 e. The molecule has 0 spiro atoms. The smallest absolute Gasteiger partial charge is 0.0187 e. The molecule has 90 valence electrons. The number of rotatable bonds is 6. The van der Waals surface area contributed by atoms with Crippen molar-refractivity contribution in [2.75, 3.05) is 19.6 Å². The lowest BCUT2D eigenvalue weighted by Gasteiger charge is -2.42. The molecule has 0 rings (SSSR count). The molecule has 2 N–H and O–H groups in total. The third-order valence-corrected chi connectivity index (χ3v) is 3.30. The predicted molar refractivity (Wildman–Crippen MR) is 69.0 cm³/mol. The van der Waals surface area contributed by atoms with Crippen molar-refractivity contribution in [2.24, 2.45) is 11.1 Å². The summed E-state index contributed by atoms with van der Waals surface area (Å²) in [6, 6.07) is 0. The van der Waals surface area contributed by atoms with Crippen molar-refractivity contribution >= 4 is 0 Å². The van der Waals surface area contributed by atoms with Gasteiger partial charge in [0.05, 0.1) is 0 Å². The van der Waals surface area contributed by atoms with E-state index in [1.807, 2.05) is 0 Å². The molecular weight excluding hydrogens is 184 g/mol. The molecule has 0 heterocycles. The highest BCUT2D eigenvalue weighted by Gasteiger charge is 2.34. The van der Waals surface area contributed by atoms with Crippen LogP contribution in [0.2, 0.25) is 0 Å². The number of nitrogens with two attached hydrogens (primary N) is 1. The predicted octanol–water partition coefficient (Wildman–Crippen LogP) is 2.65. The Labute approximate surface area is 95.5 Å². The Hall–Kier alpha value is -0.340. The fraction of sp³-hybridized carbons (Fsp3) is 0.846. The van der Waals surface area contributed by atoms with Crippen molar-refractivity contribution in [2.45, 2.75) is 47.1 Å². The Bertz CT molecular complexity index is 211. The van der Waals surface area contributed by atoms with Gasteiger partial charge >= 0.3 is 0 Å². The van der Waals surface area contributed by atoms with Gasteiger partial charge < -0.3 is 5.73 Å². The molecule has 0 atom stereocenters. The van der Waals surface area contributed by atoms with Gasteiger partial charge in [-0.3, -0.25) is 4.90 Å². The minimum atomic E-state index is -0.157. The molecule has 2 heteroatoms. The Morgan fingerprint density at radius 2 is 1.73 bits per heavy atom. The molecule has 0 aromatic rings. The summed E-state index contributed by atoms with van der Waals surface area (Å²) in [5.41, 5.74) is 7.36. The van der Waals surface area contributed by atoms with Crippen LogP contribution in [0.3, 0.4) is 0 Å². The van der Waals surface area contributed by atoms with Crippen LogP contribution in [0.25, 0.3) is 0 Å². The zero-order chi connectivity index (χ0) is 12.3. The van der Waals surface area contributed by atoms with E-state index in [9.17, 15) is 0 Å². The highest BCUT2D eigenvalue weighted by atomic mass is 15.1. The lowest BCUT2D eigenvalue weighted by molar-refractivity contribution is 0.123. The Kier molecular flexibility index (Phi) is 5.01. The third-order valence-electron chi connectivity index (χ3n) is 3.30. The van der Waals surface area contributed by atoms with E-state index in [-0.39, 0.29) is 11.0 Å². The van der Waals surface area contributed by atoms with Gasteiger partial charge in [0.25, 0.3) is 0 Å². The van der Waals surface area contributed by atoms with Crippen LogP contribution in [0.4, 0.5) is 0 Å². The number of hydrogen-bond donors (Lipinski definition) is 1. The third kappa shape index (κ3) is 4.80. The van der Waals surface area contributed by atoms with Crippen molar-refractivity contribution < 1.29 is 0 Å². The molecule has 0 aromatic heterocycles. The first-order valence-electron chi connectivity index (χ1n) is 5.76. The first-order valence-corrected chi connectivity index (χ1v) is 5.76. The summed E-state index contributed by atoms with van der Waals surface area (Å²) in [7, 11) is 0. The van der Waals surface area contributed by atoms with Crippen molar-refractivity contribution in [3.05, 3.63) is 12.2 Å². The molecule has 0 saturated heterocycles. The average molecular weight is 212 g/mol. The van der Waals surface area contributed by atoms with E-state index >= 15 is 0 Å². The summed E-state index contributed by atoms with van der Waals surface area (Å²) in [6.45, 7) is 19.9. The topological polar surface area (TPSA) is 29.3 Å². The molecule has 0 unspecified atom stereocenters. The number of likely N-dealkylation sites (N-methyl/N-ethyl adjacent to an activating group) is 1. The van der Waals surface area contributed by atoms with Crippen LogP contribution in [-0.2, 0) is 0 Å². The zero-order valence-corrected chi connectivity index (χ0v) is 11.4. The Morgan fingerprint density at radius 1 is 1.27 bits per heavy atom. The highest BCUT2D eigenvalue weighted by Crippen LogP contribution is 2.29. The van der Waals surface area contributed by atoms with Gasteiger partial charge in [0.1, 0.15) is 0 Å². The van der Waals surface area contributed by atoms with Crippen LogP contribution in [-0.4, -0.2) is 30.1 Å². The van der Waals surface area contributed by atoms with Crippen molar-refractivity contribution in [1.82, 2.24) is 4.90 Å². The van der Waals surface area contributed by atoms with Gasteiger partial charge in [-0.05, 0) is 32.7 Å². The van der Waals surface area contributed by atoms with Crippen LogP contribution >= 0.6 is 0 Å². The summed E-state index contributed by atoms with van der Waals surface area (Å²) in [5.74, 6) is 0. The largest absolute Gasteiger partial charge is 0.325 e. The lowest BCUT2D eigenvalue weighted by atomic mass is 9.75. The lowest BCUT2D eigenvalue weighted by Crippen LogP contribution is -2.53. The second kappa shape index (κ2) is 5.13. The van der Waals surface area contributed by atoms with Gasteiger partial charge in [0.15, 0.2) is 0 Å². The SMILES string of the molecule is C=C(C)CN(CC)CC(C)(C)C(C)(C)N. The molecule has 0 aliphatic carbocycles. The molecule has 0 aliphatic heterocycles. The van der Waals surface area contributed by atoms with Crippen molar-refractivity contribution in [3.63, 3.8) is 0 Å². The van der Waals surface area contributed by atoms with Gasteiger partial charge in [-0.15, -0.1) is 0 Å². The number of hydrogen-bond acceptors (Lipinski definition) is 2. The van der Waals surface area contributed by atoms with Gasteiger partial charge in [-0.1, -0.05) is 32.9 Å². The molecule has 0 amide bonds. The van der Waals surface area contributed by atoms with Gasteiger partial charge in [0.2, 0.25) is 0 Å². The molecule has 15 heavy (non-hydrogen) atoms. The molecule has 0 aliphatic rings. The molecule has 0 radical (unpaired) electrons. The van der Waals surface area contributed by atoms with E-state index in [1.165, 1.54) is 5.57 Å². The van der Waals surface area contributed by atoms with E-state index in [1.54, 1.807) is 0 Å². The van der Waals surface area contributed by atoms with Gasteiger partial charge in [0, 0.05) is 18.6 Å². The van der Waals surface area contributed by atoms with Crippen molar-refractivity contribution in [3.8, 4) is 0 Å². The highest BCUT2D eigenvalue weighted by molar-refractivity contribution is 4.96. The summed E-state index contributed by atoms with van der Waals surface area (Å²) >= 11 is 0. The normalized spacial score (nSPS) is 13.3. The van der Waals surface area contributed by atoms with E-state index in [2.05, 4.69) is 53.0 Å². The summed E-state index contributed by atoms with van der Waals surface area (Å²) in [5, 5.41) is 0. The maximum atomic E-state index is 6.20. The van der Waals surface area contributed by atoms with E-state index in [0.717, 1.165) is 19.6 Å². The van der Waals surface area contributed by atoms with E-state index in [4.69, 9.17) is 5.73 Å². The maximum absolute atomic E-state index is 6.20.